The van der Waals surface area contributed by atoms with E-state index >= 15 is 0 Å². The van der Waals surface area contributed by atoms with Gasteiger partial charge in [-0.05, 0) is 85.7 Å². The SMILES string of the molecule is N#CC(/C(=N/NC(N)=S)C(=O)NC1C2CC3CC(C2)CC1C3)c1ccc(Cl)cc1. The first-order chi connectivity index (χ1) is 13.9. The van der Waals surface area contributed by atoms with Crippen LogP contribution in [0.2, 0.25) is 5.02 Å². The molecular weight excluding hydrogens is 406 g/mol. The van der Waals surface area contributed by atoms with Gasteiger partial charge in [0.2, 0.25) is 0 Å². The average Bonchev–Trinajstić information content (AvgIpc) is 2.68. The fraction of sp³-hybridized carbons (Fsp3) is 0.524. The number of hydrazone groups is 1. The number of halogens is 1. The van der Waals surface area contributed by atoms with Gasteiger partial charge in [0.1, 0.15) is 11.6 Å². The van der Waals surface area contributed by atoms with Crippen molar-refractivity contribution in [3.8, 4) is 6.07 Å². The molecule has 8 heteroatoms. The van der Waals surface area contributed by atoms with E-state index in [4.69, 9.17) is 29.6 Å². The highest BCUT2D eigenvalue weighted by molar-refractivity contribution is 7.80. The van der Waals surface area contributed by atoms with E-state index in [0.717, 1.165) is 11.8 Å². The number of benzene rings is 1. The predicted molar refractivity (Wildman–Crippen MR) is 116 cm³/mol. The van der Waals surface area contributed by atoms with Crippen LogP contribution in [0.3, 0.4) is 0 Å². The summed E-state index contributed by atoms with van der Waals surface area (Å²) < 4.78 is 0. The summed E-state index contributed by atoms with van der Waals surface area (Å²) in [6, 6.07) is 9.16. The average molecular weight is 430 g/mol. The van der Waals surface area contributed by atoms with Crippen molar-refractivity contribution < 1.29 is 4.79 Å². The van der Waals surface area contributed by atoms with Gasteiger partial charge in [0.15, 0.2) is 5.11 Å². The second-order valence-electron chi connectivity index (χ2n) is 8.52. The molecule has 1 unspecified atom stereocenters. The summed E-state index contributed by atoms with van der Waals surface area (Å²) in [7, 11) is 0. The number of nitrogens with two attached hydrogens (primary N) is 1. The van der Waals surface area contributed by atoms with Crippen molar-refractivity contribution in [1.29, 1.82) is 5.26 Å². The van der Waals surface area contributed by atoms with E-state index in [-0.39, 0.29) is 22.8 Å². The van der Waals surface area contributed by atoms with Gasteiger partial charge in [-0.25, -0.2) is 0 Å². The second kappa shape index (κ2) is 8.29. The molecule has 1 aromatic rings. The molecule has 1 aromatic carbocycles. The summed E-state index contributed by atoms with van der Waals surface area (Å²) in [5.41, 5.74) is 8.69. The van der Waals surface area contributed by atoms with Gasteiger partial charge in [0.25, 0.3) is 5.91 Å². The smallest absolute Gasteiger partial charge is 0.269 e. The van der Waals surface area contributed by atoms with Crippen molar-refractivity contribution >= 4 is 40.6 Å². The number of carbonyl (C=O) groups is 1. The molecule has 5 rings (SSSR count). The lowest BCUT2D eigenvalue weighted by molar-refractivity contribution is -0.118. The van der Waals surface area contributed by atoms with Gasteiger partial charge >= 0.3 is 0 Å². The van der Waals surface area contributed by atoms with Crippen LogP contribution in [-0.2, 0) is 4.79 Å². The maximum Gasteiger partial charge on any atom is 0.269 e. The maximum absolute atomic E-state index is 13.2. The van der Waals surface area contributed by atoms with Crippen molar-refractivity contribution in [1.82, 2.24) is 10.7 Å². The molecule has 29 heavy (non-hydrogen) atoms. The molecule has 1 atom stereocenters. The number of rotatable bonds is 5. The zero-order valence-corrected chi connectivity index (χ0v) is 17.5. The first-order valence-electron chi connectivity index (χ1n) is 10.0. The van der Waals surface area contributed by atoms with Gasteiger partial charge < -0.3 is 11.1 Å². The van der Waals surface area contributed by atoms with E-state index in [0.29, 0.717) is 22.4 Å². The van der Waals surface area contributed by atoms with Gasteiger partial charge in [-0.3, -0.25) is 10.2 Å². The van der Waals surface area contributed by atoms with Gasteiger partial charge in [0.05, 0.1) is 6.07 Å². The summed E-state index contributed by atoms with van der Waals surface area (Å²) in [5, 5.41) is 17.6. The van der Waals surface area contributed by atoms with Crippen molar-refractivity contribution in [3.05, 3.63) is 34.9 Å². The van der Waals surface area contributed by atoms with Crippen LogP contribution in [0.4, 0.5) is 0 Å². The summed E-state index contributed by atoms with van der Waals surface area (Å²) in [6.07, 6.45) is 6.11. The van der Waals surface area contributed by atoms with Gasteiger partial charge in [-0.2, -0.15) is 10.4 Å². The first kappa shape index (κ1) is 20.1. The number of thiocarbonyl (C=S) groups is 1. The molecule has 6 nitrogen and oxygen atoms in total. The van der Waals surface area contributed by atoms with Crippen LogP contribution in [-0.4, -0.2) is 22.8 Å². The van der Waals surface area contributed by atoms with E-state index < -0.39 is 5.92 Å². The quantitative estimate of drug-likeness (QED) is 0.379. The zero-order valence-electron chi connectivity index (χ0n) is 16.0. The van der Waals surface area contributed by atoms with Crippen molar-refractivity contribution in [3.63, 3.8) is 0 Å². The third kappa shape index (κ3) is 4.24. The van der Waals surface area contributed by atoms with Crippen LogP contribution in [0, 0.1) is 35.0 Å². The minimum Gasteiger partial charge on any atom is -0.375 e. The van der Waals surface area contributed by atoms with Crippen LogP contribution in [0.25, 0.3) is 0 Å². The first-order valence-corrected chi connectivity index (χ1v) is 10.8. The number of hydrogen-bond donors (Lipinski definition) is 3. The fourth-order valence-electron chi connectivity index (χ4n) is 5.70. The molecule has 4 bridgehead atoms. The number of nitrogens with one attached hydrogen (secondary N) is 2. The number of carbonyl (C=O) groups excluding carboxylic acids is 1. The molecule has 4 N–H and O–H groups in total. The molecule has 152 valence electrons. The summed E-state index contributed by atoms with van der Waals surface area (Å²) in [4.78, 5) is 13.2. The molecule has 4 aliphatic carbocycles. The molecule has 0 radical (unpaired) electrons. The Bertz CT molecular complexity index is 850. The molecular formula is C21H24ClN5OS. The Labute approximate surface area is 180 Å². The predicted octanol–water partition coefficient (Wildman–Crippen LogP) is 3.08. The van der Waals surface area contributed by atoms with Crippen molar-refractivity contribution in [2.45, 2.75) is 44.1 Å². The highest BCUT2D eigenvalue weighted by atomic mass is 35.5. The summed E-state index contributed by atoms with van der Waals surface area (Å²) in [5.74, 6) is 1.48. The lowest BCUT2D eigenvalue weighted by Gasteiger charge is -2.54. The van der Waals surface area contributed by atoms with Crippen LogP contribution in [0.5, 0.6) is 0 Å². The number of hydrogen-bond acceptors (Lipinski definition) is 4. The number of nitriles is 1. The molecule has 4 saturated carbocycles. The lowest BCUT2D eigenvalue weighted by atomic mass is 9.54. The lowest BCUT2D eigenvalue weighted by Crippen LogP contribution is -2.57. The second-order valence-corrected chi connectivity index (χ2v) is 9.39. The molecule has 4 aliphatic rings. The van der Waals surface area contributed by atoms with Gasteiger partial charge in [-0.1, -0.05) is 23.7 Å². The maximum atomic E-state index is 13.2. The van der Waals surface area contributed by atoms with E-state index in [1.54, 1.807) is 24.3 Å². The third-order valence-corrected chi connectivity index (χ3v) is 6.99. The molecule has 0 heterocycles. The highest BCUT2D eigenvalue weighted by Crippen LogP contribution is 2.53. The number of nitrogens with zero attached hydrogens (tertiary/aromatic N) is 2. The standard InChI is InChI=1S/C21H24ClN5OS/c22-16-3-1-13(2-4-16)17(10-23)19(26-27-21(24)29)20(28)25-18-14-6-11-5-12(8-14)9-15(18)7-11/h1-4,11-12,14-15,17-18H,5-9H2,(H,25,28)(H3,24,27,29)/b26-19-. The summed E-state index contributed by atoms with van der Waals surface area (Å²) in [6.45, 7) is 0. The minimum absolute atomic E-state index is 0.0577. The topological polar surface area (TPSA) is 103 Å². The molecule has 0 saturated heterocycles. The summed E-state index contributed by atoms with van der Waals surface area (Å²) >= 11 is 10.8. The van der Waals surface area contributed by atoms with Gasteiger partial charge in [-0.15, -0.1) is 0 Å². The fourth-order valence-corrected chi connectivity index (χ4v) is 5.87. The van der Waals surface area contributed by atoms with E-state index in [2.05, 4.69) is 21.9 Å². The van der Waals surface area contributed by atoms with Crippen LogP contribution >= 0.6 is 23.8 Å². The Morgan fingerprint density at radius 3 is 2.28 bits per heavy atom. The Morgan fingerprint density at radius 1 is 1.17 bits per heavy atom. The minimum atomic E-state index is -0.856. The molecule has 4 fully saturated rings. The largest absolute Gasteiger partial charge is 0.375 e. The Kier molecular flexibility index (Phi) is 5.75. The zero-order chi connectivity index (χ0) is 20.5. The Hall–Kier alpha value is -2.17. The van der Waals surface area contributed by atoms with E-state index in [9.17, 15) is 10.1 Å². The van der Waals surface area contributed by atoms with Crippen molar-refractivity contribution in [2.75, 3.05) is 0 Å². The van der Waals surface area contributed by atoms with Crippen LogP contribution < -0.4 is 16.5 Å². The van der Waals surface area contributed by atoms with Crippen LogP contribution in [0.1, 0.15) is 43.6 Å². The Balaban J connectivity index is 1.57. The molecule has 0 spiro atoms. The number of amides is 1. The van der Waals surface area contributed by atoms with Gasteiger partial charge in [0, 0.05) is 11.1 Å². The van der Waals surface area contributed by atoms with Crippen LogP contribution in [0.15, 0.2) is 29.4 Å². The third-order valence-electron chi connectivity index (χ3n) is 6.65. The van der Waals surface area contributed by atoms with E-state index in [1.165, 1.54) is 32.1 Å². The highest BCUT2D eigenvalue weighted by Gasteiger charge is 2.49. The normalized spacial score (nSPS) is 31.0. The van der Waals surface area contributed by atoms with Crippen molar-refractivity contribution in [2.24, 2.45) is 34.5 Å². The van der Waals surface area contributed by atoms with E-state index in [1.807, 2.05) is 0 Å². The molecule has 1 amide bonds. The Morgan fingerprint density at radius 2 is 1.76 bits per heavy atom. The monoisotopic (exact) mass is 429 g/mol. The molecule has 0 aliphatic heterocycles. The molecule has 0 aromatic heterocycles.